The fraction of sp³-hybridized carbons (Fsp3) is 0.481. The Labute approximate surface area is 217 Å². The van der Waals surface area contributed by atoms with Crippen LogP contribution in [0.25, 0.3) is 17.0 Å². The Balaban J connectivity index is 1.66. The monoisotopic (exact) mass is 511 g/mol. The van der Waals surface area contributed by atoms with E-state index >= 15 is 0 Å². The lowest BCUT2D eigenvalue weighted by Gasteiger charge is -2.33. The summed E-state index contributed by atoms with van der Waals surface area (Å²) in [5, 5.41) is 1.04. The molecule has 0 aliphatic carbocycles. The number of aryl methyl sites for hydroxylation is 1. The first-order chi connectivity index (χ1) is 16.8. The molecule has 2 fully saturated rings. The predicted octanol–water partition coefficient (Wildman–Crippen LogP) is 5.57. The first kappa shape index (κ1) is 25.6. The van der Waals surface area contributed by atoms with Gasteiger partial charge in [0, 0.05) is 30.6 Å². The number of thioether (sulfide) groups is 1. The van der Waals surface area contributed by atoms with E-state index in [0.29, 0.717) is 41.4 Å². The van der Waals surface area contributed by atoms with Gasteiger partial charge >= 0.3 is 5.97 Å². The van der Waals surface area contributed by atoms with Gasteiger partial charge in [-0.25, -0.2) is 4.98 Å². The molecule has 0 radical (unpaired) electrons. The van der Waals surface area contributed by atoms with Gasteiger partial charge in [0.15, 0.2) is 0 Å². The fourth-order valence-electron chi connectivity index (χ4n) is 4.52. The van der Waals surface area contributed by atoms with Gasteiger partial charge in [0.1, 0.15) is 10.1 Å². The largest absolute Gasteiger partial charge is 0.466 e. The van der Waals surface area contributed by atoms with Crippen molar-refractivity contribution in [2.24, 2.45) is 11.8 Å². The molecule has 35 heavy (non-hydrogen) atoms. The summed E-state index contributed by atoms with van der Waals surface area (Å²) in [6, 6.07) is 8.25. The van der Waals surface area contributed by atoms with E-state index in [9.17, 15) is 9.59 Å². The Hall–Kier alpha value is -2.45. The summed E-state index contributed by atoms with van der Waals surface area (Å²) in [4.78, 5) is 35.1. The molecule has 2 aliphatic rings. The van der Waals surface area contributed by atoms with E-state index in [1.807, 2.05) is 19.1 Å². The SMILES string of the molecule is CCOC(=O)C1CCN(c2nc3c(C)cccc3cc2/C=C2\SC(=S)N(CCC(C)C)C2=O)CC1. The molecular weight excluding hydrogens is 478 g/mol. The number of ether oxygens (including phenoxy) is 1. The highest BCUT2D eigenvalue weighted by Gasteiger charge is 2.33. The van der Waals surface area contributed by atoms with Crippen LogP contribution in [0.5, 0.6) is 0 Å². The molecule has 0 spiro atoms. The number of carbonyl (C=O) groups excluding carboxylic acids is 2. The minimum atomic E-state index is -0.111. The second-order valence-corrected chi connectivity index (χ2v) is 11.3. The van der Waals surface area contributed by atoms with Crippen molar-refractivity contribution >= 4 is 63.0 Å². The number of thiocarbonyl (C=S) groups is 1. The van der Waals surface area contributed by atoms with E-state index < -0.39 is 0 Å². The van der Waals surface area contributed by atoms with Crippen molar-refractivity contribution in [3.8, 4) is 0 Å². The number of para-hydroxylation sites is 1. The molecule has 0 atom stereocenters. The van der Waals surface area contributed by atoms with Crippen molar-refractivity contribution in [3.63, 3.8) is 0 Å². The smallest absolute Gasteiger partial charge is 0.309 e. The Kier molecular flexibility index (Phi) is 8.12. The van der Waals surface area contributed by atoms with Gasteiger partial charge in [-0.15, -0.1) is 0 Å². The van der Waals surface area contributed by atoms with Gasteiger partial charge in [0.2, 0.25) is 0 Å². The van der Waals surface area contributed by atoms with Crippen molar-refractivity contribution in [2.45, 2.75) is 47.0 Å². The fourth-order valence-corrected chi connectivity index (χ4v) is 5.82. The van der Waals surface area contributed by atoms with Gasteiger partial charge < -0.3 is 9.64 Å². The highest BCUT2D eigenvalue weighted by atomic mass is 32.2. The predicted molar refractivity (Wildman–Crippen MR) is 147 cm³/mol. The van der Waals surface area contributed by atoms with Crippen molar-refractivity contribution < 1.29 is 14.3 Å². The summed E-state index contributed by atoms with van der Waals surface area (Å²) in [6.45, 7) is 10.7. The molecule has 0 N–H and O–H groups in total. The highest BCUT2D eigenvalue weighted by molar-refractivity contribution is 8.26. The second kappa shape index (κ2) is 11.1. The van der Waals surface area contributed by atoms with Crippen LogP contribution in [0.2, 0.25) is 0 Å². The quantitative estimate of drug-likeness (QED) is 0.274. The van der Waals surface area contributed by atoms with Gasteiger partial charge in [0.05, 0.1) is 22.9 Å². The van der Waals surface area contributed by atoms with E-state index in [-0.39, 0.29) is 17.8 Å². The number of fused-ring (bicyclic) bond motifs is 1. The number of carbonyl (C=O) groups is 2. The molecular formula is C27H33N3O3S2. The molecule has 0 saturated carbocycles. The average molecular weight is 512 g/mol. The van der Waals surface area contributed by atoms with Crippen LogP contribution < -0.4 is 4.90 Å². The number of esters is 1. The van der Waals surface area contributed by atoms with Crippen LogP contribution in [-0.2, 0) is 14.3 Å². The van der Waals surface area contributed by atoms with E-state index in [0.717, 1.165) is 47.1 Å². The molecule has 4 rings (SSSR count). The molecule has 2 aromatic rings. The molecule has 3 heterocycles. The number of anilines is 1. The molecule has 6 nitrogen and oxygen atoms in total. The van der Waals surface area contributed by atoms with E-state index in [1.165, 1.54) is 11.8 Å². The maximum atomic E-state index is 13.2. The van der Waals surface area contributed by atoms with Gasteiger partial charge in [-0.05, 0) is 56.7 Å². The zero-order valence-corrected chi connectivity index (χ0v) is 22.5. The maximum absolute atomic E-state index is 13.2. The zero-order valence-electron chi connectivity index (χ0n) is 20.9. The summed E-state index contributed by atoms with van der Waals surface area (Å²) in [5.41, 5.74) is 2.97. The third-order valence-corrected chi connectivity index (χ3v) is 7.94. The second-order valence-electron chi connectivity index (χ2n) is 9.58. The Bertz CT molecular complexity index is 1170. The van der Waals surface area contributed by atoms with Crippen LogP contribution in [-0.4, -0.2) is 52.3 Å². The number of hydrogen-bond donors (Lipinski definition) is 0. The molecule has 0 unspecified atom stereocenters. The van der Waals surface area contributed by atoms with E-state index in [4.69, 9.17) is 21.9 Å². The summed E-state index contributed by atoms with van der Waals surface area (Å²) in [5.74, 6) is 1.13. The van der Waals surface area contributed by atoms with Crippen LogP contribution in [0, 0.1) is 18.8 Å². The topological polar surface area (TPSA) is 62.7 Å². The van der Waals surface area contributed by atoms with Gasteiger partial charge in [0.25, 0.3) is 5.91 Å². The number of benzene rings is 1. The van der Waals surface area contributed by atoms with Gasteiger partial charge in [-0.1, -0.05) is 56.0 Å². The van der Waals surface area contributed by atoms with E-state index in [1.54, 1.807) is 4.90 Å². The number of pyridine rings is 1. The summed E-state index contributed by atoms with van der Waals surface area (Å²) in [6.07, 6.45) is 4.31. The number of rotatable bonds is 7. The minimum Gasteiger partial charge on any atom is -0.466 e. The van der Waals surface area contributed by atoms with E-state index in [2.05, 4.69) is 43.9 Å². The highest BCUT2D eigenvalue weighted by Crippen LogP contribution is 2.36. The number of piperidine rings is 1. The third kappa shape index (κ3) is 5.70. The molecule has 8 heteroatoms. The minimum absolute atomic E-state index is 0.0306. The Morgan fingerprint density at radius 1 is 1.31 bits per heavy atom. The zero-order chi connectivity index (χ0) is 25.1. The van der Waals surface area contributed by atoms with Gasteiger partial charge in [-0.2, -0.15) is 0 Å². The first-order valence-corrected chi connectivity index (χ1v) is 13.6. The third-order valence-electron chi connectivity index (χ3n) is 6.56. The van der Waals surface area contributed by atoms with Crippen molar-refractivity contribution in [3.05, 3.63) is 40.3 Å². The lowest BCUT2D eigenvalue weighted by atomic mass is 9.96. The lowest BCUT2D eigenvalue weighted by Crippen LogP contribution is -2.37. The molecule has 1 aromatic heterocycles. The van der Waals surface area contributed by atoms with Crippen LogP contribution in [0.1, 0.15) is 51.2 Å². The molecule has 1 aromatic carbocycles. The molecule has 2 saturated heterocycles. The normalized spacial score (nSPS) is 18.4. The number of hydrogen-bond acceptors (Lipinski definition) is 7. The summed E-state index contributed by atoms with van der Waals surface area (Å²) >= 11 is 6.89. The first-order valence-electron chi connectivity index (χ1n) is 12.4. The maximum Gasteiger partial charge on any atom is 0.309 e. The summed E-state index contributed by atoms with van der Waals surface area (Å²) < 4.78 is 5.85. The Morgan fingerprint density at radius 3 is 2.74 bits per heavy atom. The molecule has 2 aliphatic heterocycles. The van der Waals surface area contributed by atoms with Crippen molar-refractivity contribution in [1.82, 2.24) is 9.88 Å². The van der Waals surface area contributed by atoms with Gasteiger partial charge in [-0.3, -0.25) is 14.5 Å². The number of nitrogens with zero attached hydrogens (tertiary/aromatic N) is 3. The molecule has 186 valence electrons. The lowest BCUT2D eigenvalue weighted by molar-refractivity contribution is -0.148. The number of aromatic nitrogens is 1. The standard InChI is InChI=1S/C27H33N3O3S2/c1-5-33-26(32)19-10-12-29(13-11-19)24-21(15-20-8-6-7-18(4)23(20)28-24)16-22-25(31)30(27(34)35-22)14-9-17(2)3/h6-8,15-17,19H,5,9-14H2,1-4H3/b22-16-. The van der Waals surface area contributed by atoms with Crippen LogP contribution >= 0.6 is 24.0 Å². The molecule has 1 amide bonds. The van der Waals surface area contributed by atoms with Crippen molar-refractivity contribution in [2.75, 3.05) is 31.1 Å². The van der Waals surface area contributed by atoms with Crippen molar-refractivity contribution in [1.29, 1.82) is 0 Å². The molecule has 0 bridgehead atoms. The van der Waals surface area contributed by atoms with Crippen LogP contribution in [0.4, 0.5) is 5.82 Å². The van der Waals surface area contributed by atoms with Crippen LogP contribution in [0.3, 0.4) is 0 Å². The average Bonchev–Trinajstić information content (AvgIpc) is 3.10. The number of amides is 1. The Morgan fingerprint density at radius 2 is 2.06 bits per heavy atom. The van der Waals surface area contributed by atoms with Crippen LogP contribution in [0.15, 0.2) is 29.2 Å². The summed E-state index contributed by atoms with van der Waals surface area (Å²) in [7, 11) is 0.